The predicted octanol–water partition coefficient (Wildman–Crippen LogP) is 2.36. The molecule has 1 N–H and O–H groups in total. The van der Waals surface area contributed by atoms with Crippen molar-refractivity contribution in [3.63, 3.8) is 0 Å². The van der Waals surface area contributed by atoms with Crippen LogP contribution in [0, 0.1) is 0 Å². The number of esters is 1. The van der Waals surface area contributed by atoms with Crippen LogP contribution in [0.1, 0.15) is 22.2 Å². The van der Waals surface area contributed by atoms with E-state index in [2.05, 4.69) is 4.74 Å². The van der Waals surface area contributed by atoms with Crippen molar-refractivity contribution in [2.45, 2.75) is 18.9 Å². The average Bonchev–Trinajstić information content (AvgIpc) is 2.68. The molecule has 108 valence electrons. The summed E-state index contributed by atoms with van der Waals surface area (Å²) in [5.41, 5.74) is -6.07. The number of rotatable bonds is 4. The Morgan fingerprint density at radius 2 is 2.05 bits per heavy atom. The molecule has 1 aromatic rings. The van der Waals surface area contributed by atoms with Crippen LogP contribution in [-0.4, -0.2) is 27.0 Å². The van der Waals surface area contributed by atoms with Crippen molar-refractivity contribution < 1.29 is 31.1 Å². The predicted molar refractivity (Wildman–Crippen MR) is 63.6 cm³/mol. The zero-order valence-corrected chi connectivity index (χ0v) is 11.5. The van der Waals surface area contributed by atoms with Gasteiger partial charge in [0.2, 0.25) is 0 Å². The maximum atomic E-state index is 12.3. The number of hydrogen-bond donors (Lipinski definition) is 1. The Kier molecular flexibility index (Phi) is 4.46. The molecule has 0 atom stereocenters. The summed E-state index contributed by atoms with van der Waals surface area (Å²) in [5.74, 6) is -0.907. The smallest absolute Gasteiger partial charge is 0.465 e. The van der Waals surface area contributed by atoms with Gasteiger partial charge < -0.3 is 4.74 Å². The molecule has 0 aromatic carbocycles. The van der Waals surface area contributed by atoms with Gasteiger partial charge in [-0.2, -0.15) is 21.6 Å². The third kappa shape index (κ3) is 3.18. The van der Waals surface area contributed by atoms with Crippen molar-refractivity contribution in [2.75, 3.05) is 11.8 Å². The molecule has 0 amide bonds. The van der Waals surface area contributed by atoms with Gasteiger partial charge in [-0.1, -0.05) is 6.92 Å². The van der Waals surface area contributed by atoms with Gasteiger partial charge in [0.05, 0.1) is 18.4 Å². The van der Waals surface area contributed by atoms with Crippen molar-refractivity contribution in [3.05, 3.63) is 15.8 Å². The first kappa shape index (κ1) is 15.8. The van der Waals surface area contributed by atoms with Gasteiger partial charge in [-0.05, 0) is 6.42 Å². The average molecular weight is 317 g/mol. The number of carbonyl (C=O) groups is 1. The van der Waals surface area contributed by atoms with Crippen LogP contribution in [0.4, 0.5) is 18.9 Å². The molecule has 5 nitrogen and oxygen atoms in total. The Morgan fingerprint density at radius 1 is 1.47 bits per heavy atom. The topological polar surface area (TPSA) is 72.5 Å². The fourth-order valence-corrected chi connectivity index (χ4v) is 2.82. The molecule has 0 saturated heterocycles. The highest BCUT2D eigenvalue weighted by Crippen LogP contribution is 2.33. The Morgan fingerprint density at radius 3 is 2.47 bits per heavy atom. The van der Waals surface area contributed by atoms with Gasteiger partial charge in [-0.3, -0.25) is 4.72 Å². The van der Waals surface area contributed by atoms with E-state index < -0.39 is 21.5 Å². The SMILES string of the molecule is CCc1scc(C(=O)OC)c1NS(=O)(=O)C(F)(F)F. The van der Waals surface area contributed by atoms with Gasteiger partial charge in [0.25, 0.3) is 0 Å². The second-order valence-corrected chi connectivity index (χ2v) is 5.98. The lowest BCUT2D eigenvalue weighted by Gasteiger charge is -2.12. The first-order chi connectivity index (χ1) is 8.64. The molecular weight excluding hydrogens is 307 g/mol. The molecule has 0 aliphatic rings. The number of carbonyl (C=O) groups excluding carboxylic acids is 1. The van der Waals surface area contributed by atoms with Gasteiger partial charge in [0.15, 0.2) is 0 Å². The summed E-state index contributed by atoms with van der Waals surface area (Å²) >= 11 is 0.976. The molecule has 0 aliphatic heterocycles. The van der Waals surface area contributed by atoms with Crippen LogP contribution in [0.25, 0.3) is 0 Å². The van der Waals surface area contributed by atoms with Gasteiger partial charge in [0, 0.05) is 10.3 Å². The molecule has 0 radical (unpaired) electrons. The van der Waals surface area contributed by atoms with E-state index in [0.29, 0.717) is 4.88 Å². The molecule has 10 heteroatoms. The molecule has 0 fully saturated rings. The Bertz CT molecular complexity index is 577. The van der Waals surface area contributed by atoms with Crippen molar-refractivity contribution in [2.24, 2.45) is 0 Å². The second kappa shape index (κ2) is 5.37. The summed E-state index contributed by atoms with van der Waals surface area (Å²) in [4.78, 5) is 11.7. The molecule has 0 saturated carbocycles. The van der Waals surface area contributed by atoms with E-state index in [1.165, 1.54) is 10.1 Å². The Balaban J connectivity index is 3.27. The Labute approximate surface area is 111 Å². The number of aryl methyl sites for hydroxylation is 1. The van der Waals surface area contributed by atoms with Crippen LogP contribution in [0.5, 0.6) is 0 Å². The third-order valence-corrected chi connectivity index (χ3v) is 4.35. The highest BCUT2D eigenvalue weighted by molar-refractivity contribution is 7.93. The number of anilines is 1. The maximum Gasteiger partial charge on any atom is 0.516 e. The van der Waals surface area contributed by atoms with E-state index in [1.54, 1.807) is 6.92 Å². The van der Waals surface area contributed by atoms with Crippen molar-refractivity contribution >= 4 is 33.0 Å². The highest BCUT2D eigenvalue weighted by Gasteiger charge is 2.46. The lowest BCUT2D eigenvalue weighted by Crippen LogP contribution is -2.30. The number of halogens is 3. The number of alkyl halides is 3. The number of hydrogen-bond acceptors (Lipinski definition) is 5. The lowest BCUT2D eigenvalue weighted by molar-refractivity contribution is -0.0429. The van der Waals surface area contributed by atoms with Crippen molar-refractivity contribution in [3.8, 4) is 0 Å². The molecule has 1 rings (SSSR count). The standard InChI is InChI=1S/C9H10F3NO4S2/c1-3-6-7(5(4-18-6)8(14)17-2)13-19(15,16)9(10,11)12/h4,13H,3H2,1-2H3. The van der Waals surface area contributed by atoms with Crippen LogP contribution in [0.3, 0.4) is 0 Å². The first-order valence-electron chi connectivity index (χ1n) is 4.91. The summed E-state index contributed by atoms with van der Waals surface area (Å²) in [6.45, 7) is 1.62. The van der Waals surface area contributed by atoms with Crippen molar-refractivity contribution in [1.82, 2.24) is 0 Å². The number of thiophene rings is 1. The van der Waals surface area contributed by atoms with E-state index in [-0.39, 0.29) is 17.7 Å². The fourth-order valence-electron chi connectivity index (χ4n) is 1.22. The zero-order chi connectivity index (χ0) is 14.8. The summed E-state index contributed by atoms with van der Waals surface area (Å²) < 4.78 is 64.9. The van der Waals surface area contributed by atoms with Crippen molar-refractivity contribution in [1.29, 1.82) is 0 Å². The zero-order valence-electron chi connectivity index (χ0n) is 9.87. The van der Waals surface area contributed by atoms with Crippen LogP contribution in [0.15, 0.2) is 5.38 Å². The lowest BCUT2D eigenvalue weighted by atomic mass is 10.2. The molecular formula is C9H10F3NO4S2. The molecule has 0 spiro atoms. The Hall–Kier alpha value is -1.29. The minimum atomic E-state index is -5.57. The van der Waals surface area contributed by atoms with E-state index >= 15 is 0 Å². The van der Waals surface area contributed by atoms with E-state index in [9.17, 15) is 26.4 Å². The molecule has 0 aliphatic carbocycles. The quantitative estimate of drug-likeness (QED) is 0.865. The molecule has 1 heterocycles. The van der Waals surface area contributed by atoms with Gasteiger partial charge in [-0.15, -0.1) is 11.3 Å². The molecule has 0 unspecified atom stereocenters. The summed E-state index contributed by atoms with van der Waals surface area (Å²) in [6, 6.07) is 0. The molecule has 1 aromatic heterocycles. The largest absolute Gasteiger partial charge is 0.516 e. The van der Waals surface area contributed by atoms with Gasteiger partial charge in [-0.25, -0.2) is 4.79 Å². The summed E-state index contributed by atoms with van der Waals surface area (Å²) in [7, 11) is -4.52. The summed E-state index contributed by atoms with van der Waals surface area (Å²) in [5, 5.41) is 1.25. The second-order valence-electron chi connectivity index (χ2n) is 3.34. The highest BCUT2D eigenvalue weighted by atomic mass is 32.2. The summed E-state index contributed by atoms with van der Waals surface area (Å²) in [6.07, 6.45) is 0.275. The number of ether oxygens (including phenoxy) is 1. The fraction of sp³-hybridized carbons (Fsp3) is 0.444. The number of methoxy groups -OCH3 is 1. The van der Waals surface area contributed by atoms with Crippen LogP contribution in [0.2, 0.25) is 0 Å². The third-order valence-electron chi connectivity index (χ3n) is 2.13. The van der Waals surface area contributed by atoms with Crippen LogP contribution in [-0.2, 0) is 21.2 Å². The maximum absolute atomic E-state index is 12.3. The number of nitrogens with one attached hydrogen (secondary N) is 1. The number of sulfonamides is 1. The van der Waals surface area contributed by atoms with Crippen LogP contribution < -0.4 is 4.72 Å². The van der Waals surface area contributed by atoms with Gasteiger partial charge >= 0.3 is 21.5 Å². The molecule has 0 bridgehead atoms. The van der Waals surface area contributed by atoms with E-state index in [1.807, 2.05) is 0 Å². The first-order valence-corrected chi connectivity index (χ1v) is 7.28. The monoisotopic (exact) mass is 317 g/mol. The minimum absolute atomic E-state index is 0.239. The molecule has 19 heavy (non-hydrogen) atoms. The minimum Gasteiger partial charge on any atom is -0.465 e. The van der Waals surface area contributed by atoms with E-state index in [4.69, 9.17) is 0 Å². The van der Waals surface area contributed by atoms with Crippen LogP contribution >= 0.6 is 11.3 Å². The normalized spacial score (nSPS) is 12.3. The van der Waals surface area contributed by atoms with Gasteiger partial charge in [0.1, 0.15) is 0 Å². The van der Waals surface area contributed by atoms with E-state index in [0.717, 1.165) is 18.4 Å².